The van der Waals surface area contributed by atoms with Crippen LogP contribution in [0, 0.1) is 6.92 Å². The number of aromatic amines is 2. The van der Waals surface area contributed by atoms with Crippen molar-refractivity contribution in [1.29, 1.82) is 0 Å². The van der Waals surface area contributed by atoms with Gasteiger partial charge in [0.05, 0.1) is 17.9 Å². The monoisotopic (exact) mass is 310 g/mol. The lowest BCUT2D eigenvalue weighted by molar-refractivity contribution is 0.0605. The first-order valence-electron chi connectivity index (χ1n) is 7.85. The highest BCUT2D eigenvalue weighted by Gasteiger charge is 2.30. The minimum atomic E-state index is 0.0357. The third-order valence-electron chi connectivity index (χ3n) is 4.53. The van der Waals surface area contributed by atoms with E-state index in [4.69, 9.17) is 0 Å². The first-order chi connectivity index (χ1) is 11.2. The van der Waals surface area contributed by atoms with Gasteiger partial charge in [0.2, 0.25) is 0 Å². The van der Waals surface area contributed by atoms with Crippen molar-refractivity contribution in [1.82, 2.24) is 30.5 Å². The number of hydrogen-bond acceptors (Lipinski definition) is 4. The Kier molecular flexibility index (Phi) is 3.33. The maximum Gasteiger partial charge on any atom is 0.254 e. The summed E-state index contributed by atoms with van der Waals surface area (Å²) in [4.78, 5) is 15.0. The second-order valence-electron chi connectivity index (χ2n) is 6.00. The zero-order chi connectivity index (χ0) is 15.8. The van der Waals surface area contributed by atoms with Crippen molar-refractivity contribution in [2.45, 2.75) is 32.2 Å². The van der Waals surface area contributed by atoms with Gasteiger partial charge < -0.3 is 4.90 Å². The fourth-order valence-corrected chi connectivity index (χ4v) is 3.31. The average molecular weight is 310 g/mol. The van der Waals surface area contributed by atoms with Gasteiger partial charge in [-0.05, 0) is 49.9 Å². The number of piperidine rings is 1. The van der Waals surface area contributed by atoms with Gasteiger partial charge in [0.25, 0.3) is 5.91 Å². The molecule has 0 bridgehead atoms. The largest absolute Gasteiger partial charge is 0.330 e. The SMILES string of the molecule is Cc1cn[nH]c1[C@H]1CCCCN1C(=O)c1ccc2n[nH]nc2c1. The molecule has 1 amide bonds. The number of hydrogen-bond donors (Lipinski definition) is 2. The number of benzene rings is 1. The number of carbonyl (C=O) groups excluding carboxylic acids is 1. The number of rotatable bonds is 2. The Hall–Kier alpha value is -2.70. The van der Waals surface area contributed by atoms with Crippen molar-refractivity contribution in [2.24, 2.45) is 0 Å². The Bertz CT molecular complexity index is 851. The smallest absolute Gasteiger partial charge is 0.254 e. The molecule has 7 heteroatoms. The first-order valence-corrected chi connectivity index (χ1v) is 7.85. The van der Waals surface area contributed by atoms with Crippen LogP contribution in [0.2, 0.25) is 0 Å². The molecule has 1 saturated heterocycles. The highest BCUT2D eigenvalue weighted by Crippen LogP contribution is 2.32. The molecule has 4 rings (SSSR count). The van der Waals surface area contributed by atoms with Gasteiger partial charge >= 0.3 is 0 Å². The van der Waals surface area contributed by atoms with Gasteiger partial charge in [0.1, 0.15) is 11.0 Å². The molecule has 0 radical (unpaired) electrons. The number of aromatic nitrogens is 5. The molecule has 3 heterocycles. The van der Waals surface area contributed by atoms with Gasteiger partial charge in [0.15, 0.2) is 0 Å². The lowest BCUT2D eigenvalue weighted by atomic mass is 9.96. The fourth-order valence-electron chi connectivity index (χ4n) is 3.31. The van der Waals surface area contributed by atoms with Gasteiger partial charge in [-0.2, -0.15) is 20.5 Å². The van der Waals surface area contributed by atoms with E-state index in [1.165, 1.54) is 0 Å². The van der Waals surface area contributed by atoms with Crippen molar-refractivity contribution in [3.63, 3.8) is 0 Å². The van der Waals surface area contributed by atoms with E-state index in [2.05, 4.69) is 25.6 Å². The molecular weight excluding hydrogens is 292 g/mol. The Morgan fingerprint density at radius 1 is 1.26 bits per heavy atom. The summed E-state index contributed by atoms with van der Waals surface area (Å²) in [5, 5.41) is 17.9. The molecule has 7 nitrogen and oxygen atoms in total. The Morgan fingerprint density at radius 3 is 2.96 bits per heavy atom. The summed E-state index contributed by atoms with van der Waals surface area (Å²) in [7, 11) is 0. The highest BCUT2D eigenvalue weighted by atomic mass is 16.2. The minimum absolute atomic E-state index is 0.0357. The molecule has 0 unspecified atom stereocenters. The molecule has 118 valence electrons. The second kappa shape index (κ2) is 5.49. The zero-order valence-electron chi connectivity index (χ0n) is 12.9. The number of amides is 1. The van der Waals surface area contributed by atoms with Crippen molar-refractivity contribution >= 4 is 16.9 Å². The predicted octanol–water partition coefficient (Wildman–Crippen LogP) is 2.36. The summed E-state index contributed by atoms with van der Waals surface area (Å²) >= 11 is 0. The number of H-pyrrole nitrogens is 2. The molecular formula is C16H18N6O. The molecule has 1 aliphatic rings. The van der Waals surface area contributed by atoms with Crippen LogP contribution in [-0.4, -0.2) is 43.0 Å². The molecule has 2 N–H and O–H groups in total. The van der Waals surface area contributed by atoms with Crippen molar-refractivity contribution in [2.75, 3.05) is 6.54 Å². The number of nitrogens with one attached hydrogen (secondary N) is 2. The number of carbonyl (C=O) groups is 1. The van der Waals surface area contributed by atoms with E-state index in [1.807, 2.05) is 30.2 Å². The number of aryl methyl sites for hydroxylation is 1. The van der Waals surface area contributed by atoms with E-state index in [1.54, 1.807) is 6.07 Å². The first kappa shape index (κ1) is 13.9. The van der Waals surface area contributed by atoms with Crippen LogP contribution in [0.1, 0.15) is 46.9 Å². The van der Waals surface area contributed by atoms with Crippen LogP contribution < -0.4 is 0 Å². The standard InChI is InChI=1S/C16H18N6O/c1-10-9-17-20-15(10)14-4-2-3-7-22(14)16(23)11-5-6-12-13(8-11)19-21-18-12/h5-6,8-9,14H,2-4,7H2,1H3,(H,17,20)(H,18,19,21)/t14-/m1/s1. The van der Waals surface area contributed by atoms with Gasteiger partial charge in [-0.15, -0.1) is 0 Å². The van der Waals surface area contributed by atoms with Gasteiger partial charge in [0, 0.05) is 12.1 Å². The van der Waals surface area contributed by atoms with Crippen LogP contribution in [0.25, 0.3) is 11.0 Å². The number of fused-ring (bicyclic) bond motifs is 1. The Morgan fingerprint density at radius 2 is 2.13 bits per heavy atom. The molecule has 3 aromatic rings. The summed E-state index contributed by atoms with van der Waals surface area (Å²) in [6.45, 7) is 2.79. The quantitative estimate of drug-likeness (QED) is 0.760. The van der Waals surface area contributed by atoms with Crippen LogP contribution in [0.15, 0.2) is 24.4 Å². The molecule has 0 aliphatic carbocycles. The third kappa shape index (κ3) is 2.38. The van der Waals surface area contributed by atoms with Crippen LogP contribution in [-0.2, 0) is 0 Å². The minimum Gasteiger partial charge on any atom is -0.330 e. The highest BCUT2D eigenvalue weighted by molar-refractivity contribution is 5.97. The summed E-state index contributed by atoms with van der Waals surface area (Å²) in [5.74, 6) is 0.0357. The van der Waals surface area contributed by atoms with Gasteiger partial charge in [-0.1, -0.05) is 0 Å². The summed E-state index contributed by atoms with van der Waals surface area (Å²) in [5.41, 5.74) is 4.26. The van der Waals surface area contributed by atoms with Crippen LogP contribution >= 0.6 is 0 Å². The van der Waals surface area contributed by atoms with Crippen LogP contribution in [0.4, 0.5) is 0 Å². The number of likely N-dealkylation sites (tertiary alicyclic amines) is 1. The van der Waals surface area contributed by atoms with Crippen LogP contribution in [0.3, 0.4) is 0 Å². The molecule has 1 atom stereocenters. The van der Waals surface area contributed by atoms with E-state index < -0.39 is 0 Å². The maximum atomic E-state index is 13.0. The molecule has 1 fully saturated rings. The lowest BCUT2D eigenvalue weighted by Crippen LogP contribution is -2.39. The predicted molar refractivity (Wildman–Crippen MR) is 84.8 cm³/mol. The molecule has 23 heavy (non-hydrogen) atoms. The molecule has 0 spiro atoms. The van der Waals surface area contributed by atoms with Gasteiger partial charge in [-0.3, -0.25) is 9.89 Å². The molecule has 1 aliphatic heterocycles. The van der Waals surface area contributed by atoms with Crippen molar-refractivity contribution in [3.8, 4) is 0 Å². The summed E-state index contributed by atoms with van der Waals surface area (Å²) in [6.07, 6.45) is 4.92. The zero-order valence-corrected chi connectivity index (χ0v) is 12.9. The average Bonchev–Trinajstić information content (AvgIpc) is 3.22. The van der Waals surface area contributed by atoms with E-state index >= 15 is 0 Å². The molecule has 2 aromatic heterocycles. The van der Waals surface area contributed by atoms with Crippen molar-refractivity contribution < 1.29 is 4.79 Å². The third-order valence-corrected chi connectivity index (χ3v) is 4.53. The summed E-state index contributed by atoms with van der Waals surface area (Å²) in [6, 6.07) is 5.50. The second-order valence-corrected chi connectivity index (χ2v) is 6.00. The fraction of sp³-hybridized carbons (Fsp3) is 0.375. The van der Waals surface area contributed by atoms with E-state index in [0.717, 1.165) is 42.6 Å². The summed E-state index contributed by atoms with van der Waals surface area (Å²) < 4.78 is 0. The Balaban J connectivity index is 1.68. The van der Waals surface area contributed by atoms with E-state index in [9.17, 15) is 4.79 Å². The van der Waals surface area contributed by atoms with E-state index in [0.29, 0.717) is 11.1 Å². The van der Waals surface area contributed by atoms with Crippen LogP contribution in [0.5, 0.6) is 0 Å². The topological polar surface area (TPSA) is 90.6 Å². The number of nitrogens with zero attached hydrogens (tertiary/aromatic N) is 4. The maximum absolute atomic E-state index is 13.0. The molecule has 1 aromatic carbocycles. The van der Waals surface area contributed by atoms with Crippen molar-refractivity contribution in [3.05, 3.63) is 41.2 Å². The van der Waals surface area contributed by atoms with Gasteiger partial charge in [-0.25, -0.2) is 0 Å². The lowest BCUT2D eigenvalue weighted by Gasteiger charge is -2.35. The molecule has 0 saturated carbocycles. The Labute approximate surface area is 133 Å². The van der Waals surface area contributed by atoms with E-state index in [-0.39, 0.29) is 11.9 Å². The normalized spacial score (nSPS) is 18.5.